The molecule has 3 aliphatic carbocycles. The lowest BCUT2D eigenvalue weighted by Crippen LogP contribution is -2.65. The molecule has 0 spiro atoms. The molecule has 0 saturated heterocycles. The number of oxime groups is 1. The van der Waals surface area contributed by atoms with Gasteiger partial charge in [0.25, 0.3) is 5.91 Å². The standard InChI is InChI=1S/C28H35N3O8/c1-11(30-39-7)13-10-16(27(2,3)4)21(32)18-14(13)8-12-9-15-20(31(5)6)23(34)19(26(29)37)25(36)28(15,38)24(35)17(12)22(18)33/h10,12,15,20,32-33,36,38H,8-9H2,1-7H3,(H2,29,37)/b30-11+/t12-,15-,20-,28-/m0/s1. The van der Waals surface area contributed by atoms with E-state index in [1.807, 2.05) is 20.8 Å². The predicted molar refractivity (Wildman–Crippen MR) is 142 cm³/mol. The van der Waals surface area contributed by atoms with Gasteiger partial charge >= 0.3 is 0 Å². The molecule has 210 valence electrons. The highest BCUT2D eigenvalue weighted by Crippen LogP contribution is 2.54. The normalized spacial score (nSPS) is 27.4. The van der Waals surface area contributed by atoms with E-state index in [0.717, 1.165) is 0 Å². The average molecular weight is 542 g/mol. The van der Waals surface area contributed by atoms with Crippen molar-refractivity contribution >= 4 is 28.9 Å². The van der Waals surface area contributed by atoms with Gasteiger partial charge in [-0.2, -0.15) is 0 Å². The van der Waals surface area contributed by atoms with E-state index >= 15 is 0 Å². The van der Waals surface area contributed by atoms with Crippen LogP contribution in [0, 0.1) is 11.8 Å². The van der Waals surface area contributed by atoms with Gasteiger partial charge in [-0.15, -0.1) is 0 Å². The van der Waals surface area contributed by atoms with Crippen molar-refractivity contribution in [3.8, 4) is 5.75 Å². The van der Waals surface area contributed by atoms with Crippen LogP contribution < -0.4 is 5.73 Å². The van der Waals surface area contributed by atoms with E-state index in [1.54, 1.807) is 27.1 Å². The zero-order chi connectivity index (χ0) is 29.4. The Morgan fingerprint density at radius 2 is 1.82 bits per heavy atom. The average Bonchev–Trinajstić information content (AvgIpc) is 2.80. The van der Waals surface area contributed by atoms with Crippen LogP contribution in [0.15, 0.2) is 28.1 Å². The first-order chi connectivity index (χ1) is 18.0. The van der Waals surface area contributed by atoms with Crippen LogP contribution >= 0.6 is 0 Å². The first kappa shape index (κ1) is 28.3. The minimum absolute atomic E-state index is 0.00740. The number of carbonyl (C=O) groups excluding carboxylic acids is 3. The van der Waals surface area contributed by atoms with Gasteiger partial charge in [-0.1, -0.05) is 25.9 Å². The number of phenolic OH excluding ortho intramolecular Hbond substituents is 1. The van der Waals surface area contributed by atoms with Crippen molar-refractivity contribution < 1.29 is 39.6 Å². The number of fused-ring (bicyclic) bond motifs is 3. The summed E-state index contributed by atoms with van der Waals surface area (Å²) >= 11 is 0. The summed E-state index contributed by atoms with van der Waals surface area (Å²) in [5.41, 5.74) is 3.22. The van der Waals surface area contributed by atoms with Crippen LogP contribution in [-0.4, -0.2) is 81.4 Å². The Morgan fingerprint density at radius 1 is 1.21 bits per heavy atom. The molecule has 1 saturated carbocycles. The van der Waals surface area contributed by atoms with Crippen LogP contribution in [0.2, 0.25) is 0 Å². The van der Waals surface area contributed by atoms with Crippen molar-refractivity contribution in [3.63, 3.8) is 0 Å². The number of aliphatic hydroxyl groups excluding tert-OH is 2. The summed E-state index contributed by atoms with van der Waals surface area (Å²) in [5.74, 6) is -6.82. The highest BCUT2D eigenvalue weighted by atomic mass is 16.6. The summed E-state index contributed by atoms with van der Waals surface area (Å²) in [6, 6.07) is 0.640. The van der Waals surface area contributed by atoms with E-state index in [1.165, 1.54) is 12.0 Å². The smallest absolute Gasteiger partial charge is 0.255 e. The van der Waals surface area contributed by atoms with Crippen LogP contribution in [0.3, 0.4) is 0 Å². The van der Waals surface area contributed by atoms with Gasteiger partial charge in [-0.25, -0.2) is 0 Å². The molecule has 4 rings (SSSR count). The van der Waals surface area contributed by atoms with E-state index < -0.39 is 63.5 Å². The number of hydrogen-bond acceptors (Lipinski definition) is 10. The Labute approximate surface area is 226 Å². The second-order valence-corrected chi connectivity index (χ2v) is 11.7. The zero-order valence-corrected chi connectivity index (χ0v) is 23.1. The number of primary amides is 1. The number of hydrogen-bond donors (Lipinski definition) is 5. The zero-order valence-electron chi connectivity index (χ0n) is 23.1. The van der Waals surface area contributed by atoms with E-state index in [4.69, 9.17) is 10.6 Å². The first-order valence-electron chi connectivity index (χ1n) is 12.6. The van der Waals surface area contributed by atoms with Gasteiger partial charge in [0.05, 0.1) is 17.3 Å². The van der Waals surface area contributed by atoms with Crippen LogP contribution in [0.5, 0.6) is 5.75 Å². The maximum atomic E-state index is 14.0. The van der Waals surface area contributed by atoms with Gasteiger partial charge in [-0.3, -0.25) is 19.3 Å². The Balaban J connectivity index is 2.05. The second-order valence-electron chi connectivity index (χ2n) is 11.7. The summed E-state index contributed by atoms with van der Waals surface area (Å²) < 4.78 is 0. The summed E-state index contributed by atoms with van der Waals surface area (Å²) in [4.78, 5) is 45.8. The molecule has 1 amide bonds. The minimum atomic E-state index is -2.68. The third kappa shape index (κ3) is 3.94. The third-order valence-electron chi connectivity index (χ3n) is 8.15. The highest BCUT2D eigenvalue weighted by Gasteiger charge is 2.64. The van der Waals surface area contributed by atoms with Crippen LogP contribution in [0.4, 0.5) is 0 Å². The van der Waals surface area contributed by atoms with Crippen LogP contribution in [-0.2, 0) is 31.1 Å². The Bertz CT molecular complexity index is 1400. The van der Waals surface area contributed by atoms with Crippen molar-refractivity contribution in [1.29, 1.82) is 0 Å². The molecule has 0 heterocycles. The Morgan fingerprint density at radius 3 is 2.33 bits per heavy atom. The molecule has 11 heteroatoms. The van der Waals surface area contributed by atoms with Crippen molar-refractivity contribution in [2.24, 2.45) is 22.7 Å². The maximum Gasteiger partial charge on any atom is 0.255 e. The van der Waals surface area contributed by atoms with Crippen LogP contribution in [0.1, 0.15) is 56.4 Å². The lowest BCUT2D eigenvalue weighted by molar-refractivity contribution is -0.153. The lowest BCUT2D eigenvalue weighted by Gasteiger charge is -2.50. The molecule has 1 aromatic carbocycles. The molecule has 1 aromatic rings. The van der Waals surface area contributed by atoms with E-state index in [0.29, 0.717) is 22.4 Å². The van der Waals surface area contributed by atoms with Gasteiger partial charge in [0, 0.05) is 22.6 Å². The number of nitrogens with zero attached hydrogens (tertiary/aromatic N) is 2. The summed E-state index contributed by atoms with van der Waals surface area (Å²) in [6.45, 7) is 7.36. The molecule has 3 aliphatic rings. The SMILES string of the molecule is CO/N=C(\C)c1cc(C(C)(C)C)c(O)c2c1C[C@H]1C[C@H]3[C@H](N(C)C)C(=O)C(C(N)=O)=C(O)[C@@]3(O)C(=O)C1=C2O. The fourth-order valence-electron chi connectivity index (χ4n) is 6.39. The summed E-state index contributed by atoms with van der Waals surface area (Å²) in [6.07, 6.45) is 0.173. The van der Waals surface area contributed by atoms with Gasteiger partial charge in [0.15, 0.2) is 11.4 Å². The molecule has 0 aliphatic heterocycles. The molecule has 0 radical (unpaired) electrons. The molecule has 0 bridgehead atoms. The number of aromatic hydroxyl groups is 1. The molecular weight excluding hydrogens is 506 g/mol. The lowest BCUT2D eigenvalue weighted by atomic mass is 9.57. The highest BCUT2D eigenvalue weighted by molar-refractivity contribution is 6.24. The number of ketones is 2. The van der Waals surface area contributed by atoms with Crippen LogP contribution in [0.25, 0.3) is 5.76 Å². The van der Waals surface area contributed by atoms with Crippen molar-refractivity contribution in [2.45, 2.75) is 57.6 Å². The predicted octanol–water partition coefficient (Wildman–Crippen LogP) is 1.63. The van der Waals surface area contributed by atoms with Crippen molar-refractivity contribution in [2.75, 3.05) is 21.2 Å². The Hall–Kier alpha value is -3.70. The molecule has 1 fully saturated rings. The molecule has 0 aromatic heterocycles. The molecule has 4 atom stereocenters. The number of phenols is 1. The van der Waals surface area contributed by atoms with E-state index in [2.05, 4.69) is 5.16 Å². The fraction of sp³-hybridized carbons (Fsp3) is 0.500. The molecule has 11 nitrogen and oxygen atoms in total. The van der Waals surface area contributed by atoms with Gasteiger partial charge in [-0.05, 0) is 56.8 Å². The fourth-order valence-corrected chi connectivity index (χ4v) is 6.39. The summed E-state index contributed by atoms with van der Waals surface area (Å²) in [7, 11) is 4.52. The van der Waals surface area contributed by atoms with Gasteiger partial charge in [0.2, 0.25) is 5.78 Å². The number of carbonyl (C=O) groups is 3. The first-order valence-corrected chi connectivity index (χ1v) is 12.6. The number of benzene rings is 1. The number of rotatable bonds is 4. The minimum Gasteiger partial charge on any atom is -0.508 e. The number of amides is 1. The molecule has 6 N–H and O–H groups in total. The van der Waals surface area contributed by atoms with E-state index in [-0.39, 0.29) is 29.7 Å². The van der Waals surface area contributed by atoms with Crippen molar-refractivity contribution in [3.05, 3.63) is 45.2 Å². The maximum absolute atomic E-state index is 14.0. The Kier molecular flexibility index (Phi) is 6.68. The van der Waals surface area contributed by atoms with E-state index in [9.17, 15) is 34.8 Å². The summed E-state index contributed by atoms with van der Waals surface area (Å²) in [5, 5.41) is 49.7. The third-order valence-corrected chi connectivity index (χ3v) is 8.15. The van der Waals surface area contributed by atoms with Crippen molar-refractivity contribution in [1.82, 2.24) is 4.90 Å². The second kappa shape index (κ2) is 9.20. The number of likely N-dealkylation sites (N-methyl/N-ethyl adjacent to an activating group) is 1. The largest absolute Gasteiger partial charge is 0.508 e. The van der Waals surface area contributed by atoms with Gasteiger partial charge in [0.1, 0.15) is 30.0 Å². The number of Topliss-reactive ketones (excluding diaryl/α,β-unsaturated/α-hetero) is 2. The number of nitrogens with two attached hydrogens (primary N) is 1. The molecular formula is C28H35N3O8. The molecule has 39 heavy (non-hydrogen) atoms. The number of aliphatic hydroxyl groups is 3. The monoisotopic (exact) mass is 541 g/mol. The topological polar surface area (TPSA) is 183 Å². The quantitative estimate of drug-likeness (QED) is 0.215. The molecule has 0 unspecified atom stereocenters. The van der Waals surface area contributed by atoms with Gasteiger partial charge < -0.3 is 31.0 Å².